The summed E-state index contributed by atoms with van der Waals surface area (Å²) in [5.41, 5.74) is 0. The summed E-state index contributed by atoms with van der Waals surface area (Å²) < 4.78 is 0.597. The van der Waals surface area contributed by atoms with Crippen LogP contribution in [-0.4, -0.2) is 0 Å². The van der Waals surface area contributed by atoms with Crippen LogP contribution in [0.2, 0.25) is 0 Å². The van der Waals surface area contributed by atoms with Gasteiger partial charge in [-0.2, -0.15) is 4.73 Å². The van der Waals surface area contributed by atoms with Crippen molar-refractivity contribution in [3.63, 3.8) is 0 Å². The molecule has 1 aromatic heterocycles. The summed E-state index contributed by atoms with van der Waals surface area (Å²) in [5, 5.41) is 10.2. The Hall–Kier alpha value is -0.700. The molecule has 0 amide bonds. The Morgan fingerprint density at radius 3 is 2.88 bits per heavy atom. The van der Waals surface area contributed by atoms with E-state index in [4.69, 9.17) is 0 Å². The molecular weight excluding hydrogens is 122 g/mol. The van der Waals surface area contributed by atoms with Crippen molar-refractivity contribution >= 4 is 12.6 Å². The molecule has 0 saturated carbocycles. The van der Waals surface area contributed by atoms with E-state index in [9.17, 15) is 5.21 Å². The van der Waals surface area contributed by atoms with E-state index in [1.54, 1.807) is 6.07 Å². The number of aromatic nitrogens is 1. The van der Waals surface area contributed by atoms with E-state index in [1.165, 1.54) is 12.3 Å². The molecule has 8 heavy (non-hydrogen) atoms. The third-order valence-electron chi connectivity index (χ3n) is 0.720. The summed E-state index contributed by atoms with van der Waals surface area (Å²) >= 11 is 3.95. The first kappa shape index (κ1) is 5.44. The van der Waals surface area contributed by atoms with Crippen LogP contribution in [0.1, 0.15) is 0 Å². The highest BCUT2D eigenvalue weighted by molar-refractivity contribution is 7.80. The number of thiol groups is 1. The van der Waals surface area contributed by atoms with Crippen LogP contribution >= 0.6 is 12.6 Å². The minimum absolute atomic E-state index is 0.597. The highest BCUT2D eigenvalue weighted by Crippen LogP contribution is 1.97. The van der Waals surface area contributed by atoms with E-state index >= 15 is 0 Å². The SMILES string of the molecule is [O-][n+]1[c]cc(S)cc1. The Bertz CT molecular complexity index is 151. The van der Waals surface area contributed by atoms with Crippen molar-refractivity contribution in [1.82, 2.24) is 0 Å². The lowest BCUT2D eigenvalue weighted by Crippen LogP contribution is -2.23. The van der Waals surface area contributed by atoms with Gasteiger partial charge in [0.15, 0.2) is 6.20 Å². The molecule has 0 unspecified atom stereocenters. The molecule has 0 aromatic carbocycles. The lowest BCUT2D eigenvalue weighted by atomic mass is 10.5. The molecule has 0 atom stereocenters. The number of rotatable bonds is 0. The normalized spacial score (nSPS) is 9.12. The van der Waals surface area contributed by atoms with Gasteiger partial charge in [0.2, 0.25) is 0 Å². The lowest BCUT2D eigenvalue weighted by molar-refractivity contribution is -0.610. The van der Waals surface area contributed by atoms with Gasteiger partial charge in [0.05, 0.1) is 0 Å². The van der Waals surface area contributed by atoms with Gasteiger partial charge in [-0.15, -0.1) is 12.6 Å². The van der Waals surface area contributed by atoms with Crippen LogP contribution in [0, 0.1) is 11.4 Å². The average molecular weight is 126 g/mol. The monoisotopic (exact) mass is 126 g/mol. The number of pyridine rings is 1. The topological polar surface area (TPSA) is 26.9 Å². The van der Waals surface area contributed by atoms with Crippen LogP contribution < -0.4 is 4.73 Å². The molecule has 1 rings (SSSR count). The standard InChI is InChI=1S/C5H4NOS/c7-6-3-1-5(8)2-4-6/h1-3,8H. The Morgan fingerprint density at radius 2 is 2.50 bits per heavy atom. The fourth-order valence-corrected chi connectivity index (χ4v) is 0.489. The summed E-state index contributed by atoms with van der Waals surface area (Å²) in [4.78, 5) is 0.747. The van der Waals surface area contributed by atoms with Crippen LogP contribution in [0.4, 0.5) is 0 Å². The van der Waals surface area contributed by atoms with E-state index < -0.39 is 0 Å². The van der Waals surface area contributed by atoms with E-state index in [1.807, 2.05) is 0 Å². The zero-order valence-corrected chi connectivity index (χ0v) is 4.93. The maximum absolute atomic E-state index is 10.2. The zero-order chi connectivity index (χ0) is 5.98. The minimum atomic E-state index is 0.597. The predicted octanol–water partition coefficient (Wildman–Crippen LogP) is 0.409. The number of nitrogens with zero attached hydrogens (tertiary/aromatic N) is 1. The first-order valence-corrected chi connectivity index (χ1v) is 2.53. The molecule has 0 aliphatic heterocycles. The average Bonchev–Trinajstić information content (AvgIpc) is 1.77. The van der Waals surface area contributed by atoms with Crippen molar-refractivity contribution in [3.05, 3.63) is 29.7 Å². The Balaban J connectivity index is 3.03. The van der Waals surface area contributed by atoms with E-state index in [0.717, 1.165) is 4.90 Å². The Morgan fingerprint density at radius 1 is 1.75 bits per heavy atom. The van der Waals surface area contributed by atoms with Gasteiger partial charge in [-0.25, -0.2) is 0 Å². The zero-order valence-electron chi connectivity index (χ0n) is 4.03. The highest BCUT2D eigenvalue weighted by atomic mass is 32.1. The highest BCUT2D eigenvalue weighted by Gasteiger charge is 1.86. The van der Waals surface area contributed by atoms with Crippen LogP contribution in [0.25, 0.3) is 0 Å². The van der Waals surface area contributed by atoms with E-state index in [0.29, 0.717) is 4.73 Å². The summed E-state index contributed by atoms with van der Waals surface area (Å²) in [7, 11) is 0. The summed E-state index contributed by atoms with van der Waals surface area (Å²) in [6.07, 6.45) is 3.73. The lowest BCUT2D eigenvalue weighted by Gasteiger charge is -1.89. The van der Waals surface area contributed by atoms with Gasteiger partial charge in [-0.1, -0.05) is 0 Å². The molecule has 0 aliphatic carbocycles. The fraction of sp³-hybridized carbons (Fsp3) is 0. The molecule has 2 nitrogen and oxygen atoms in total. The quantitative estimate of drug-likeness (QED) is 0.304. The first-order chi connectivity index (χ1) is 3.79. The molecule has 3 heteroatoms. The van der Waals surface area contributed by atoms with E-state index in [-0.39, 0.29) is 0 Å². The van der Waals surface area contributed by atoms with Gasteiger partial charge in [0.25, 0.3) is 6.20 Å². The molecule has 1 aromatic rings. The molecule has 41 valence electrons. The molecule has 0 bridgehead atoms. The summed E-state index contributed by atoms with van der Waals surface area (Å²) in [5.74, 6) is 0. The molecule has 1 radical (unpaired) electrons. The molecule has 0 fully saturated rings. The third kappa shape index (κ3) is 1.13. The minimum Gasteiger partial charge on any atom is -0.618 e. The maximum atomic E-state index is 10.2. The van der Waals surface area contributed by atoms with Gasteiger partial charge < -0.3 is 5.21 Å². The largest absolute Gasteiger partial charge is 0.618 e. The molecule has 0 saturated heterocycles. The van der Waals surface area contributed by atoms with Crippen molar-refractivity contribution in [1.29, 1.82) is 0 Å². The summed E-state index contributed by atoms with van der Waals surface area (Å²) in [6, 6.07) is 3.11. The van der Waals surface area contributed by atoms with Gasteiger partial charge in [0.1, 0.15) is 0 Å². The first-order valence-electron chi connectivity index (χ1n) is 2.09. The van der Waals surface area contributed by atoms with Crippen LogP contribution in [0.5, 0.6) is 0 Å². The maximum Gasteiger partial charge on any atom is 0.291 e. The van der Waals surface area contributed by atoms with Crippen molar-refractivity contribution in [2.75, 3.05) is 0 Å². The van der Waals surface area contributed by atoms with Gasteiger partial charge in [0, 0.05) is 17.0 Å². The molecule has 0 aliphatic rings. The smallest absolute Gasteiger partial charge is 0.291 e. The third-order valence-corrected chi connectivity index (χ3v) is 0.999. The second-order valence-corrected chi connectivity index (χ2v) is 1.86. The second-order valence-electron chi connectivity index (χ2n) is 1.34. The van der Waals surface area contributed by atoms with Crippen molar-refractivity contribution < 1.29 is 4.73 Å². The van der Waals surface area contributed by atoms with Gasteiger partial charge in [-0.3, -0.25) is 0 Å². The Kier molecular flexibility index (Phi) is 1.39. The summed E-state index contributed by atoms with van der Waals surface area (Å²) in [6.45, 7) is 0. The number of hydrogen-bond donors (Lipinski definition) is 1. The molecule has 0 spiro atoms. The van der Waals surface area contributed by atoms with Crippen molar-refractivity contribution in [2.45, 2.75) is 4.90 Å². The van der Waals surface area contributed by atoms with Gasteiger partial charge >= 0.3 is 0 Å². The van der Waals surface area contributed by atoms with E-state index in [2.05, 4.69) is 18.8 Å². The van der Waals surface area contributed by atoms with Crippen LogP contribution in [0.15, 0.2) is 23.2 Å². The Labute approximate surface area is 52.8 Å². The predicted molar refractivity (Wildman–Crippen MR) is 31.5 cm³/mol. The van der Waals surface area contributed by atoms with Crippen LogP contribution in [-0.2, 0) is 0 Å². The second kappa shape index (κ2) is 2.05. The van der Waals surface area contributed by atoms with Gasteiger partial charge in [-0.05, 0) is 0 Å². The van der Waals surface area contributed by atoms with Crippen LogP contribution in [0.3, 0.4) is 0 Å². The van der Waals surface area contributed by atoms with Crippen molar-refractivity contribution in [2.24, 2.45) is 0 Å². The molecule has 1 heterocycles. The molecule has 0 N–H and O–H groups in total. The van der Waals surface area contributed by atoms with Crippen molar-refractivity contribution in [3.8, 4) is 0 Å². The molecular formula is C5H4NOS. The number of hydrogen-bond acceptors (Lipinski definition) is 2. The fourth-order valence-electron chi connectivity index (χ4n) is 0.365.